The molecule has 3 N–H and O–H groups in total. The molecule has 6 nitrogen and oxygen atoms in total. The third kappa shape index (κ3) is 2.86. The first-order valence-corrected chi connectivity index (χ1v) is 5.85. The quantitative estimate of drug-likeness (QED) is 0.806. The van der Waals surface area contributed by atoms with Crippen LogP contribution in [-0.4, -0.2) is 27.1 Å². The Balaban J connectivity index is 2.25. The van der Waals surface area contributed by atoms with Gasteiger partial charge < -0.3 is 15.5 Å². The topological polar surface area (TPSA) is 99.5 Å². The highest BCUT2D eigenvalue weighted by atomic mass is 35.5. The largest absolute Gasteiger partial charge is 0.505 e. The molecule has 0 radical (unpaired) electrons. The van der Waals surface area contributed by atoms with Gasteiger partial charge in [0.25, 0.3) is 5.91 Å². The Bertz CT molecular complexity index is 688. The molecule has 0 fully saturated rings. The molecule has 1 heterocycles. The van der Waals surface area contributed by atoms with Gasteiger partial charge in [-0.25, -0.2) is 9.78 Å². The molecule has 0 atom stereocenters. The summed E-state index contributed by atoms with van der Waals surface area (Å²) in [6.07, 6.45) is 1.36. The van der Waals surface area contributed by atoms with E-state index in [0.717, 1.165) is 0 Å². The molecule has 1 amide bonds. The Hall–Kier alpha value is -2.60. The number of aromatic nitrogens is 1. The lowest BCUT2D eigenvalue weighted by molar-refractivity contribution is 0.0696. The summed E-state index contributed by atoms with van der Waals surface area (Å²) in [6, 6.07) is 6.71. The van der Waals surface area contributed by atoms with Crippen molar-refractivity contribution in [1.82, 2.24) is 4.98 Å². The van der Waals surface area contributed by atoms with Crippen LogP contribution in [0.1, 0.15) is 20.8 Å². The van der Waals surface area contributed by atoms with Crippen LogP contribution in [0.15, 0.2) is 36.5 Å². The van der Waals surface area contributed by atoms with Gasteiger partial charge in [0.1, 0.15) is 5.75 Å². The highest BCUT2D eigenvalue weighted by Crippen LogP contribution is 2.24. The maximum atomic E-state index is 11.9. The molecule has 0 saturated heterocycles. The van der Waals surface area contributed by atoms with Crippen molar-refractivity contribution in [3.63, 3.8) is 0 Å². The minimum Gasteiger partial charge on any atom is -0.505 e. The molecule has 1 aromatic heterocycles. The first kappa shape index (κ1) is 13.8. The summed E-state index contributed by atoms with van der Waals surface area (Å²) in [7, 11) is 0. The van der Waals surface area contributed by atoms with E-state index in [1.165, 1.54) is 36.5 Å². The first-order valence-electron chi connectivity index (χ1n) is 5.47. The van der Waals surface area contributed by atoms with Crippen molar-refractivity contribution in [3.8, 4) is 5.75 Å². The second-order valence-corrected chi connectivity index (χ2v) is 4.23. The van der Waals surface area contributed by atoms with E-state index < -0.39 is 11.9 Å². The van der Waals surface area contributed by atoms with Crippen LogP contribution in [0.2, 0.25) is 5.02 Å². The number of nitrogens with zero attached hydrogens (tertiary/aromatic N) is 1. The number of anilines is 1. The lowest BCUT2D eigenvalue weighted by Gasteiger charge is -2.08. The van der Waals surface area contributed by atoms with E-state index >= 15 is 0 Å². The van der Waals surface area contributed by atoms with E-state index in [2.05, 4.69) is 10.3 Å². The zero-order chi connectivity index (χ0) is 14.7. The number of hydrogen-bond acceptors (Lipinski definition) is 4. The summed E-state index contributed by atoms with van der Waals surface area (Å²) >= 11 is 5.88. The molecule has 102 valence electrons. The number of rotatable bonds is 3. The number of amides is 1. The van der Waals surface area contributed by atoms with E-state index in [9.17, 15) is 14.7 Å². The molecule has 0 aliphatic rings. The van der Waals surface area contributed by atoms with E-state index in [0.29, 0.717) is 0 Å². The van der Waals surface area contributed by atoms with Gasteiger partial charge in [-0.05, 0) is 30.3 Å². The van der Waals surface area contributed by atoms with Crippen molar-refractivity contribution in [2.75, 3.05) is 5.32 Å². The maximum absolute atomic E-state index is 11.9. The lowest BCUT2D eigenvalue weighted by Crippen LogP contribution is -2.14. The van der Waals surface area contributed by atoms with Crippen molar-refractivity contribution in [3.05, 3.63) is 52.8 Å². The van der Waals surface area contributed by atoms with Crippen LogP contribution >= 0.6 is 11.6 Å². The molecule has 20 heavy (non-hydrogen) atoms. The second kappa shape index (κ2) is 5.58. The third-order valence-electron chi connectivity index (χ3n) is 2.47. The van der Waals surface area contributed by atoms with Gasteiger partial charge in [-0.15, -0.1) is 0 Å². The predicted octanol–water partition coefficient (Wildman–Crippen LogP) is 2.39. The van der Waals surface area contributed by atoms with Gasteiger partial charge in [-0.3, -0.25) is 4.79 Å². The summed E-state index contributed by atoms with van der Waals surface area (Å²) in [4.78, 5) is 26.4. The van der Waals surface area contributed by atoms with Crippen LogP contribution in [0.5, 0.6) is 5.75 Å². The fraction of sp³-hybridized carbons (Fsp3) is 0. The Morgan fingerprint density at radius 2 is 2.00 bits per heavy atom. The minimum atomic E-state index is -1.12. The number of carboxylic acid groups (broad SMARTS) is 1. The van der Waals surface area contributed by atoms with Crippen molar-refractivity contribution < 1.29 is 19.8 Å². The maximum Gasteiger partial charge on any atom is 0.335 e. The van der Waals surface area contributed by atoms with Crippen molar-refractivity contribution in [2.45, 2.75) is 0 Å². The zero-order valence-electron chi connectivity index (χ0n) is 10.0. The summed E-state index contributed by atoms with van der Waals surface area (Å²) in [5.41, 5.74) is 0.0891. The number of nitrogens with one attached hydrogen (secondary N) is 1. The van der Waals surface area contributed by atoms with Gasteiger partial charge in [0.2, 0.25) is 0 Å². The first-order chi connectivity index (χ1) is 9.49. The molecule has 0 unspecified atom stereocenters. The van der Waals surface area contributed by atoms with Crippen LogP contribution in [0.25, 0.3) is 0 Å². The Kier molecular flexibility index (Phi) is 3.86. The zero-order valence-corrected chi connectivity index (χ0v) is 10.8. The van der Waals surface area contributed by atoms with Crippen LogP contribution in [0.3, 0.4) is 0 Å². The molecule has 7 heteroatoms. The van der Waals surface area contributed by atoms with E-state index in [-0.39, 0.29) is 27.7 Å². The molecule has 0 aliphatic carbocycles. The number of carbonyl (C=O) groups excluding carboxylic acids is 1. The number of halogens is 1. The molecule has 0 bridgehead atoms. The Labute approximate surface area is 118 Å². The molecule has 0 spiro atoms. The Morgan fingerprint density at radius 3 is 2.60 bits per heavy atom. The van der Waals surface area contributed by atoms with Gasteiger partial charge in [0.05, 0.1) is 16.3 Å². The van der Waals surface area contributed by atoms with Crippen LogP contribution in [0.4, 0.5) is 5.69 Å². The average Bonchev–Trinajstić information content (AvgIpc) is 2.41. The van der Waals surface area contributed by atoms with Gasteiger partial charge >= 0.3 is 5.97 Å². The number of aromatic carboxylic acids is 1. The number of carbonyl (C=O) groups is 2. The predicted molar refractivity (Wildman–Crippen MR) is 72.3 cm³/mol. The summed E-state index contributed by atoms with van der Waals surface area (Å²) in [5.74, 6) is -2.02. The number of pyridine rings is 1. The fourth-order valence-corrected chi connectivity index (χ4v) is 1.73. The summed E-state index contributed by atoms with van der Waals surface area (Å²) < 4.78 is 0. The second-order valence-electron chi connectivity index (χ2n) is 3.83. The monoisotopic (exact) mass is 292 g/mol. The highest BCUT2D eigenvalue weighted by molar-refractivity contribution is 6.34. The molecular weight excluding hydrogens is 284 g/mol. The molecule has 0 saturated carbocycles. The smallest absolute Gasteiger partial charge is 0.335 e. The van der Waals surface area contributed by atoms with E-state index in [1.54, 1.807) is 0 Å². The van der Waals surface area contributed by atoms with Gasteiger partial charge in [0, 0.05) is 6.20 Å². The van der Waals surface area contributed by atoms with Crippen LogP contribution in [0, 0.1) is 0 Å². The molecular formula is C13H9ClN2O4. The number of aromatic hydroxyl groups is 1. The van der Waals surface area contributed by atoms with Crippen molar-refractivity contribution in [2.24, 2.45) is 0 Å². The number of carboxylic acids is 1. The van der Waals surface area contributed by atoms with E-state index in [1.807, 2.05) is 0 Å². The fourth-order valence-electron chi connectivity index (χ4n) is 1.50. The van der Waals surface area contributed by atoms with Crippen LogP contribution < -0.4 is 5.32 Å². The lowest BCUT2D eigenvalue weighted by atomic mass is 10.2. The standard InChI is InChI=1S/C13H9ClN2O4/c14-8-6-7(13(19)20)3-4-9(8)16-12(18)11-10(17)2-1-5-15-11/h1-6,17H,(H,16,18)(H,19,20). The third-order valence-corrected chi connectivity index (χ3v) is 2.78. The Morgan fingerprint density at radius 1 is 1.25 bits per heavy atom. The van der Waals surface area contributed by atoms with Gasteiger partial charge in [-0.2, -0.15) is 0 Å². The SMILES string of the molecule is O=C(O)c1ccc(NC(=O)c2ncccc2O)c(Cl)c1. The van der Waals surface area contributed by atoms with Gasteiger partial charge in [-0.1, -0.05) is 11.6 Å². The van der Waals surface area contributed by atoms with E-state index in [4.69, 9.17) is 16.7 Å². The highest BCUT2D eigenvalue weighted by Gasteiger charge is 2.14. The minimum absolute atomic E-state index is 0.00804. The van der Waals surface area contributed by atoms with Crippen molar-refractivity contribution >= 4 is 29.2 Å². The van der Waals surface area contributed by atoms with Gasteiger partial charge in [0.15, 0.2) is 5.69 Å². The summed E-state index contributed by atoms with van der Waals surface area (Å²) in [5, 5.41) is 20.8. The summed E-state index contributed by atoms with van der Waals surface area (Å²) in [6.45, 7) is 0. The number of hydrogen-bond donors (Lipinski definition) is 3. The molecule has 2 rings (SSSR count). The molecule has 1 aromatic carbocycles. The normalized spacial score (nSPS) is 10.1. The van der Waals surface area contributed by atoms with Crippen molar-refractivity contribution in [1.29, 1.82) is 0 Å². The average molecular weight is 293 g/mol. The number of benzene rings is 1. The molecule has 0 aliphatic heterocycles. The van der Waals surface area contributed by atoms with Crippen LogP contribution in [-0.2, 0) is 0 Å². The molecule has 2 aromatic rings.